The van der Waals surface area contributed by atoms with Crippen LogP contribution in [-0.2, 0) is 16.6 Å². The zero-order valence-corrected chi connectivity index (χ0v) is 16.7. The molecule has 0 bridgehead atoms. The van der Waals surface area contributed by atoms with E-state index in [0.717, 1.165) is 13.1 Å². The molecule has 2 aromatic carbocycles. The van der Waals surface area contributed by atoms with E-state index in [9.17, 15) is 13.2 Å². The van der Waals surface area contributed by atoms with Gasteiger partial charge in [0.15, 0.2) is 0 Å². The van der Waals surface area contributed by atoms with Crippen LogP contribution in [-0.4, -0.2) is 36.4 Å². The Hall–Kier alpha value is -1.73. The number of carbonyl (C=O) groups is 1. The zero-order valence-electron chi connectivity index (χ0n) is 15.0. The van der Waals surface area contributed by atoms with E-state index in [4.69, 9.17) is 21.7 Å². The summed E-state index contributed by atoms with van der Waals surface area (Å²) < 4.78 is 31.7. The van der Waals surface area contributed by atoms with Gasteiger partial charge in [0.2, 0.25) is 0 Å². The lowest BCUT2D eigenvalue weighted by molar-refractivity contribution is -0.192. The molecule has 0 amide bonds. The Bertz CT molecular complexity index is 754. The fourth-order valence-corrected chi connectivity index (χ4v) is 6.06. The van der Waals surface area contributed by atoms with Crippen LogP contribution in [0.4, 0.5) is 13.2 Å². The monoisotopic (exact) mass is 430 g/mol. The van der Waals surface area contributed by atoms with Gasteiger partial charge in [0.1, 0.15) is 0 Å². The number of nitrogens with one attached hydrogen (secondary N) is 2. The number of benzene rings is 2. The molecular weight excluding hydrogens is 408 g/mol. The van der Waals surface area contributed by atoms with E-state index in [1.807, 2.05) is 12.1 Å². The average Bonchev–Trinajstić information content (AvgIpc) is 3.21. The molecule has 0 spiro atoms. The number of carboxylic acid groups (broad SMARTS) is 1. The van der Waals surface area contributed by atoms with Crippen LogP contribution in [0.15, 0.2) is 60.7 Å². The maximum Gasteiger partial charge on any atom is 0.490 e. The van der Waals surface area contributed by atoms with E-state index in [2.05, 4.69) is 58.9 Å². The molecule has 2 aromatic rings. The molecule has 3 N–H and O–H groups in total. The predicted octanol–water partition coefficient (Wildman–Crippen LogP) is 3.01. The molecule has 1 saturated heterocycles. The number of hydrogen-bond donors (Lipinski definition) is 3. The Labute approximate surface area is 167 Å². The standard InChI is InChI=1S/C17H21N2PS.C2HF3O2/c21-20(16-9-3-1-4-10-16,17-11-5-2-6-12-17)19-14-15-8-7-13-18-15;3-2(4,5)1(6)7/h1-6,9-12,15,18H,7-8,13-14H2,(H,19,21);(H,6,7)/t15-;/m0./s1. The highest BCUT2D eigenvalue weighted by Gasteiger charge is 2.38. The van der Waals surface area contributed by atoms with Gasteiger partial charge in [-0.1, -0.05) is 72.5 Å². The summed E-state index contributed by atoms with van der Waals surface area (Å²) >= 11 is 6.14. The number of halogens is 3. The van der Waals surface area contributed by atoms with Crippen molar-refractivity contribution in [3.05, 3.63) is 60.7 Å². The molecule has 1 atom stereocenters. The van der Waals surface area contributed by atoms with Crippen molar-refractivity contribution >= 4 is 34.6 Å². The summed E-state index contributed by atoms with van der Waals surface area (Å²) in [7, 11) is 0. The lowest BCUT2D eigenvalue weighted by Gasteiger charge is -2.26. The topological polar surface area (TPSA) is 61.4 Å². The van der Waals surface area contributed by atoms with Crippen molar-refractivity contribution in [2.45, 2.75) is 25.1 Å². The van der Waals surface area contributed by atoms with Crippen molar-refractivity contribution in [2.24, 2.45) is 0 Å². The molecule has 0 radical (unpaired) electrons. The second-order valence-corrected chi connectivity index (χ2v) is 10.4. The molecule has 4 nitrogen and oxygen atoms in total. The number of hydrogen-bond acceptors (Lipinski definition) is 3. The molecule has 3 rings (SSSR count). The average molecular weight is 430 g/mol. The third-order valence-electron chi connectivity index (χ3n) is 4.20. The lowest BCUT2D eigenvalue weighted by Crippen LogP contribution is -2.36. The second-order valence-electron chi connectivity index (χ2n) is 6.24. The van der Waals surface area contributed by atoms with E-state index in [-0.39, 0.29) is 0 Å². The smallest absolute Gasteiger partial charge is 0.475 e. The first-order chi connectivity index (χ1) is 13.2. The largest absolute Gasteiger partial charge is 0.490 e. The summed E-state index contributed by atoms with van der Waals surface area (Å²) in [5.41, 5.74) is 0. The van der Waals surface area contributed by atoms with Crippen LogP contribution in [0, 0.1) is 0 Å². The van der Waals surface area contributed by atoms with E-state index >= 15 is 0 Å². The molecule has 0 saturated carbocycles. The number of aliphatic carboxylic acids is 1. The highest BCUT2D eigenvalue weighted by Crippen LogP contribution is 2.39. The van der Waals surface area contributed by atoms with Crippen molar-refractivity contribution in [1.82, 2.24) is 10.4 Å². The number of rotatable bonds is 5. The van der Waals surface area contributed by atoms with E-state index in [1.54, 1.807) is 0 Å². The Morgan fingerprint density at radius 3 is 1.93 bits per heavy atom. The zero-order chi connectivity index (χ0) is 20.6. The normalized spacial score (nSPS) is 16.9. The molecule has 0 aliphatic carbocycles. The quantitative estimate of drug-likeness (QED) is 0.637. The molecule has 0 aromatic heterocycles. The SMILES string of the molecule is O=C(O)C(F)(F)F.S=P(NC[C@@H]1CCCN1)(c1ccccc1)c1ccccc1. The maximum atomic E-state index is 10.6. The molecule has 1 aliphatic rings. The molecule has 9 heteroatoms. The Morgan fingerprint density at radius 2 is 1.57 bits per heavy atom. The summed E-state index contributed by atoms with van der Waals surface area (Å²) in [5.74, 6) is -2.76. The van der Waals surface area contributed by atoms with Crippen LogP contribution in [0.2, 0.25) is 0 Å². The summed E-state index contributed by atoms with van der Waals surface area (Å²) in [5, 5.41) is 16.9. The van der Waals surface area contributed by atoms with Crippen LogP contribution >= 0.6 is 6.19 Å². The van der Waals surface area contributed by atoms with Crippen molar-refractivity contribution in [3.8, 4) is 0 Å². The van der Waals surface area contributed by atoms with Gasteiger partial charge in [-0.15, -0.1) is 0 Å². The fraction of sp³-hybridized carbons (Fsp3) is 0.316. The van der Waals surface area contributed by atoms with E-state index in [0.29, 0.717) is 6.04 Å². The first-order valence-corrected chi connectivity index (χ1v) is 11.5. The Balaban J connectivity index is 0.000000345. The second kappa shape index (κ2) is 10.2. The lowest BCUT2D eigenvalue weighted by atomic mass is 10.2. The minimum absolute atomic E-state index is 0.555. The van der Waals surface area contributed by atoms with Crippen LogP contribution in [0.3, 0.4) is 0 Å². The predicted molar refractivity (Wildman–Crippen MR) is 109 cm³/mol. The van der Waals surface area contributed by atoms with Gasteiger partial charge in [0.05, 0.1) is 6.19 Å². The van der Waals surface area contributed by atoms with Crippen LogP contribution in [0.1, 0.15) is 12.8 Å². The van der Waals surface area contributed by atoms with Gasteiger partial charge in [-0.25, -0.2) is 4.79 Å². The van der Waals surface area contributed by atoms with Gasteiger partial charge in [-0.3, -0.25) is 5.09 Å². The van der Waals surface area contributed by atoms with Gasteiger partial charge in [0.25, 0.3) is 0 Å². The Kier molecular flexibility index (Phi) is 8.19. The minimum atomic E-state index is -5.08. The molecule has 1 heterocycles. The van der Waals surface area contributed by atoms with Crippen molar-refractivity contribution in [3.63, 3.8) is 0 Å². The minimum Gasteiger partial charge on any atom is -0.475 e. The van der Waals surface area contributed by atoms with Crippen LogP contribution in [0.5, 0.6) is 0 Å². The van der Waals surface area contributed by atoms with Gasteiger partial charge >= 0.3 is 12.1 Å². The molecular formula is C19H22F3N2O2PS. The molecule has 28 heavy (non-hydrogen) atoms. The van der Waals surface area contributed by atoms with Crippen molar-refractivity contribution in [1.29, 1.82) is 0 Å². The molecule has 1 aliphatic heterocycles. The molecule has 152 valence electrons. The number of carboxylic acids is 1. The summed E-state index contributed by atoms with van der Waals surface area (Å²) in [4.78, 5) is 8.90. The fourth-order valence-electron chi connectivity index (χ4n) is 2.78. The molecule has 1 fully saturated rings. The van der Waals surface area contributed by atoms with Crippen molar-refractivity contribution in [2.75, 3.05) is 13.1 Å². The first kappa shape index (κ1) is 22.6. The summed E-state index contributed by atoms with van der Waals surface area (Å²) in [6.07, 6.45) is -4.50. The highest BCUT2D eigenvalue weighted by molar-refractivity contribution is 8.20. The maximum absolute atomic E-state index is 10.6. The van der Waals surface area contributed by atoms with Gasteiger partial charge in [0, 0.05) is 23.2 Å². The highest BCUT2D eigenvalue weighted by atomic mass is 32.4. The van der Waals surface area contributed by atoms with Gasteiger partial charge in [-0.2, -0.15) is 13.2 Å². The first-order valence-electron chi connectivity index (χ1n) is 8.73. The summed E-state index contributed by atoms with van der Waals surface area (Å²) in [6.45, 7) is 2.08. The van der Waals surface area contributed by atoms with E-state index < -0.39 is 18.3 Å². The Morgan fingerprint density at radius 1 is 1.11 bits per heavy atom. The van der Waals surface area contributed by atoms with E-state index in [1.165, 1.54) is 23.5 Å². The van der Waals surface area contributed by atoms with Gasteiger partial charge in [-0.05, 0) is 19.4 Å². The van der Waals surface area contributed by atoms with Crippen LogP contribution in [0.25, 0.3) is 0 Å². The summed E-state index contributed by atoms with van der Waals surface area (Å²) in [6, 6.07) is 21.6. The number of alkyl halides is 3. The van der Waals surface area contributed by atoms with Gasteiger partial charge < -0.3 is 10.4 Å². The third kappa shape index (κ3) is 6.41. The van der Waals surface area contributed by atoms with Crippen LogP contribution < -0.4 is 21.0 Å². The third-order valence-corrected chi connectivity index (χ3v) is 8.54. The van der Waals surface area contributed by atoms with Crippen molar-refractivity contribution < 1.29 is 23.1 Å². The molecule has 0 unspecified atom stereocenters.